The molecule has 3 nitrogen and oxygen atoms in total. The van der Waals surface area contributed by atoms with Crippen molar-refractivity contribution in [3.63, 3.8) is 0 Å². The summed E-state index contributed by atoms with van der Waals surface area (Å²) in [7, 11) is 0. The Morgan fingerprint density at radius 1 is 1.47 bits per heavy atom. The van der Waals surface area contributed by atoms with E-state index in [0.717, 1.165) is 12.3 Å². The molecule has 0 bridgehead atoms. The maximum Gasteiger partial charge on any atom is 0.339 e. The molecule has 0 radical (unpaired) electrons. The first-order valence-electron chi connectivity index (χ1n) is 6.72. The van der Waals surface area contributed by atoms with Crippen molar-refractivity contribution in [3.05, 3.63) is 28.8 Å². The number of ether oxygens (including phenoxy) is 1. The van der Waals surface area contributed by atoms with Gasteiger partial charge in [-0.3, -0.25) is 0 Å². The Kier molecular flexibility index (Phi) is 4.70. The van der Waals surface area contributed by atoms with Crippen LogP contribution in [0.2, 0.25) is 5.02 Å². The first-order valence-corrected chi connectivity index (χ1v) is 7.09. The van der Waals surface area contributed by atoms with Gasteiger partial charge in [-0.15, -0.1) is 0 Å². The molecule has 19 heavy (non-hydrogen) atoms. The van der Waals surface area contributed by atoms with E-state index in [0.29, 0.717) is 23.3 Å². The Labute approximate surface area is 118 Å². The number of aromatic carboxylic acids is 1. The highest BCUT2D eigenvalue weighted by Crippen LogP contribution is 2.30. The van der Waals surface area contributed by atoms with Gasteiger partial charge < -0.3 is 9.84 Å². The van der Waals surface area contributed by atoms with Gasteiger partial charge in [0.05, 0.1) is 6.61 Å². The molecule has 1 aromatic carbocycles. The second kappa shape index (κ2) is 6.29. The van der Waals surface area contributed by atoms with Gasteiger partial charge >= 0.3 is 5.97 Å². The molecule has 2 unspecified atom stereocenters. The molecule has 1 saturated carbocycles. The molecule has 0 aromatic heterocycles. The lowest BCUT2D eigenvalue weighted by Crippen LogP contribution is -2.20. The summed E-state index contributed by atoms with van der Waals surface area (Å²) in [6.45, 7) is 2.85. The minimum Gasteiger partial charge on any atom is -0.492 e. The van der Waals surface area contributed by atoms with Gasteiger partial charge in [0.2, 0.25) is 0 Å². The molecule has 2 rings (SSSR count). The van der Waals surface area contributed by atoms with Gasteiger partial charge in [-0.1, -0.05) is 31.4 Å². The fourth-order valence-corrected chi connectivity index (χ4v) is 2.89. The van der Waals surface area contributed by atoms with Crippen molar-refractivity contribution in [2.24, 2.45) is 11.8 Å². The number of carboxylic acids is 1. The van der Waals surface area contributed by atoms with E-state index in [4.69, 9.17) is 21.4 Å². The van der Waals surface area contributed by atoms with E-state index in [-0.39, 0.29) is 5.56 Å². The molecule has 2 atom stereocenters. The van der Waals surface area contributed by atoms with Crippen LogP contribution in [0.4, 0.5) is 0 Å². The van der Waals surface area contributed by atoms with Crippen LogP contribution >= 0.6 is 11.6 Å². The average Bonchev–Trinajstić information content (AvgIpc) is 2.37. The smallest absolute Gasteiger partial charge is 0.339 e. The van der Waals surface area contributed by atoms with E-state index in [1.807, 2.05) is 0 Å². The van der Waals surface area contributed by atoms with E-state index >= 15 is 0 Å². The summed E-state index contributed by atoms with van der Waals surface area (Å²) in [5, 5.41) is 9.54. The number of carboxylic acid groups (broad SMARTS) is 1. The zero-order valence-electron chi connectivity index (χ0n) is 11.1. The van der Waals surface area contributed by atoms with Crippen LogP contribution < -0.4 is 4.74 Å². The standard InChI is InChI=1S/C15H19ClO3/c1-10-3-2-4-11(7-10)9-19-14-6-5-12(16)8-13(14)15(17)18/h5-6,8,10-11H,2-4,7,9H2,1H3,(H,17,18). The molecule has 0 amide bonds. The molecule has 1 aliphatic rings. The van der Waals surface area contributed by atoms with E-state index in [9.17, 15) is 4.79 Å². The predicted molar refractivity (Wildman–Crippen MR) is 75.0 cm³/mol. The van der Waals surface area contributed by atoms with Crippen LogP contribution in [0.15, 0.2) is 18.2 Å². The van der Waals surface area contributed by atoms with Crippen molar-refractivity contribution < 1.29 is 14.6 Å². The minimum absolute atomic E-state index is 0.136. The number of halogens is 1. The Morgan fingerprint density at radius 2 is 2.26 bits per heavy atom. The monoisotopic (exact) mass is 282 g/mol. The molecular weight excluding hydrogens is 264 g/mol. The molecule has 0 spiro atoms. The van der Waals surface area contributed by atoms with E-state index in [1.165, 1.54) is 25.3 Å². The second-order valence-electron chi connectivity index (χ2n) is 5.39. The Bertz CT molecular complexity index is 459. The van der Waals surface area contributed by atoms with Crippen molar-refractivity contribution in [1.82, 2.24) is 0 Å². The predicted octanol–water partition coefficient (Wildman–Crippen LogP) is 4.24. The average molecular weight is 283 g/mol. The highest BCUT2D eigenvalue weighted by atomic mass is 35.5. The first-order chi connectivity index (χ1) is 9.06. The van der Waals surface area contributed by atoms with Crippen molar-refractivity contribution >= 4 is 17.6 Å². The molecule has 104 valence electrons. The summed E-state index contributed by atoms with van der Waals surface area (Å²) in [6.07, 6.45) is 4.86. The third kappa shape index (κ3) is 3.87. The largest absolute Gasteiger partial charge is 0.492 e. The fourth-order valence-electron chi connectivity index (χ4n) is 2.71. The molecule has 0 saturated heterocycles. The van der Waals surface area contributed by atoms with E-state index < -0.39 is 5.97 Å². The highest BCUT2D eigenvalue weighted by molar-refractivity contribution is 6.31. The summed E-state index contributed by atoms with van der Waals surface area (Å²) in [5.41, 5.74) is 0.136. The maximum atomic E-state index is 11.1. The van der Waals surface area contributed by atoms with Crippen molar-refractivity contribution in [3.8, 4) is 5.75 Å². The number of rotatable bonds is 4. The van der Waals surface area contributed by atoms with Gasteiger partial charge in [-0.2, -0.15) is 0 Å². The number of hydrogen-bond donors (Lipinski definition) is 1. The van der Waals surface area contributed by atoms with Crippen LogP contribution in [0.1, 0.15) is 43.0 Å². The molecule has 4 heteroatoms. The maximum absolute atomic E-state index is 11.1. The van der Waals surface area contributed by atoms with Crippen LogP contribution in [0.5, 0.6) is 5.75 Å². The SMILES string of the molecule is CC1CCCC(COc2ccc(Cl)cc2C(=O)O)C1. The Hall–Kier alpha value is -1.22. The normalized spacial score (nSPS) is 23.1. The molecule has 1 fully saturated rings. The van der Waals surface area contributed by atoms with Crippen molar-refractivity contribution in [2.45, 2.75) is 32.6 Å². The Balaban J connectivity index is 2.01. The topological polar surface area (TPSA) is 46.5 Å². The number of benzene rings is 1. The summed E-state index contributed by atoms with van der Waals surface area (Å²) in [4.78, 5) is 11.1. The summed E-state index contributed by atoms with van der Waals surface area (Å²) < 4.78 is 5.70. The second-order valence-corrected chi connectivity index (χ2v) is 5.83. The van der Waals surface area contributed by atoms with Gasteiger partial charge in [0.1, 0.15) is 11.3 Å². The van der Waals surface area contributed by atoms with Crippen molar-refractivity contribution in [1.29, 1.82) is 0 Å². The van der Waals surface area contributed by atoms with Crippen LogP contribution in [-0.4, -0.2) is 17.7 Å². The van der Waals surface area contributed by atoms with E-state index in [2.05, 4.69) is 6.92 Å². The van der Waals surface area contributed by atoms with Gasteiger partial charge in [0.25, 0.3) is 0 Å². The summed E-state index contributed by atoms with van der Waals surface area (Å²) >= 11 is 5.81. The quantitative estimate of drug-likeness (QED) is 0.898. The third-order valence-electron chi connectivity index (χ3n) is 3.69. The van der Waals surface area contributed by atoms with Gasteiger partial charge in [0.15, 0.2) is 0 Å². The molecule has 1 aromatic rings. The zero-order chi connectivity index (χ0) is 13.8. The summed E-state index contributed by atoms with van der Waals surface area (Å²) in [5.74, 6) is 0.678. The minimum atomic E-state index is -1.01. The summed E-state index contributed by atoms with van der Waals surface area (Å²) in [6, 6.07) is 4.73. The van der Waals surface area contributed by atoms with E-state index in [1.54, 1.807) is 12.1 Å². The third-order valence-corrected chi connectivity index (χ3v) is 3.93. The number of carbonyl (C=O) groups is 1. The van der Waals surface area contributed by atoms with Gasteiger partial charge in [-0.25, -0.2) is 4.79 Å². The highest BCUT2D eigenvalue weighted by Gasteiger charge is 2.20. The van der Waals surface area contributed by atoms with Crippen LogP contribution in [-0.2, 0) is 0 Å². The first kappa shape index (κ1) is 14.2. The molecule has 1 N–H and O–H groups in total. The zero-order valence-corrected chi connectivity index (χ0v) is 11.8. The number of hydrogen-bond acceptors (Lipinski definition) is 2. The molecule has 0 aliphatic heterocycles. The van der Waals surface area contributed by atoms with Crippen LogP contribution in [0, 0.1) is 11.8 Å². The van der Waals surface area contributed by atoms with Gasteiger partial charge in [0, 0.05) is 5.02 Å². The Morgan fingerprint density at radius 3 is 2.95 bits per heavy atom. The molecular formula is C15H19ClO3. The lowest BCUT2D eigenvalue weighted by Gasteiger charge is -2.26. The van der Waals surface area contributed by atoms with Crippen LogP contribution in [0.25, 0.3) is 0 Å². The lowest BCUT2D eigenvalue weighted by molar-refractivity contribution is 0.0690. The molecule has 1 aliphatic carbocycles. The van der Waals surface area contributed by atoms with Crippen LogP contribution in [0.3, 0.4) is 0 Å². The molecule has 0 heterocycles. The fraction of sp³-hybridized carbons (Fsp3) is 0.533. The lowest BCUT2D eigenvalue weighted by atomic mass is 9.83. The van der Waals surface area contributed by atoms with Crippen molar-refractivity contribution in [2.75, 3.05) is 6.61 Å². The van der Waals surface area contributed by atoms with Gasteiger partial charge in [-0.05, 0) is 42.9 Å².